The van der Waals surface area contributed by atoms with Crippen LogP contribution in [-0.4, -0.2) is 41.9 Å². The molecule has 0 unspecified atom stereocenters. The Morgan fingerprint density at radius 1 is 1.15 bits per heavy atom. The number of methoxy groups -OCH3 is 1. The molecule has 1 rings (SSSR count). The van der Waals surface area contributed by atoms with Gasteiger partial charge in [0, 0.05) is 13.7 Å². The first-order chi connectivity index (χ1) is 9.38. The van der Waals surface area contributed by atoms with E-state index < -0.39 is 15.8 Å². The largest absolute Gasteiger partial charge is 0.382 e. The van der Waals surface area contributed by atoms with Crippen molar-refractivity contribution in [3.8, 4) is 0 Å². The van der Waals surface area contributed by atoms with Crippen molar-refractivity contribution < 1.29 is 22.3 Å². The normalized spacial score (nSPS) is 11.8. The molecule has 0 aliphatic carbocycles. The van der Waals surface area contributed by atoms with Gasteiger partial charge in [0.15, 0.2) is 0 Å². The van der Waals surface area contributed by atoms with Gasteiger partial charge in [0.2, 0.25) is 10.0 Å². The van der Waals surface area contributed by atoms with Gasteiger partial charge in [0.1, 0.15) is 5.82 Å². The van der Waals surface area contributed by atoms with Crippen LogP contribution in [0.5, 0.6) is 0 Å². The molecule has 0 atom stereocenters. The summed E-state index contributed by atoms with van der Waals surface area (Å²) in [6, 6.07) is 2.41. The number of halogens is 1. The molecule has 20 heavy (non-hydrogen) atoms. The molecule has 0 spiro atoms. The van der Waals surface area contributed by atoms with Crippen LogP contribution >= 0.6 is 0 Å². The molecule has 0 aliphatic rings. The van der Waals surface area contributed by atoms with Crippen LogP contribution in [0.4, 0.5) is 4.39 Å². The van der Waals surface area contributed by atoms with Crippen LogP contribution in [0.1, 0.15) is 11.1 Å². The first-order valence-electron chi connectivity index (χ1n) is 6.21. The Bertz CT molecular complexity index is 522. The molecule has 0 aliphatic heterocycles. The minimum Gasteiger partial charge on any atom is -0.382 e. The van der Waals surface area contributed by atoms with Crippen molar-refractivity contribution in [3.63, 3.8) is 0 Å². The molecule has 7 heteroatoms. The summed E-state index contributed by atoms with van der Waals surface area (Å²) in [7, 11) is -2.10. The summed E-state index contributed by atoms with van der Waals surface area (Å²) in [5.41, 5.74) is 0.769. The van der Waals surface area contributed by atoms with Gasteiger partial charge in [0.05, 0.1) is 24.7 Å². The number of benzene rings is 1. The van der Waals surface area contributed by atoms with Crippen molar-refractivity contribution in [2.24, 2.45) is 0 Å². The molecule has 1 aromatic rings. The van der Waals surface area contributed by atoms with E-state index in [1.807, 2.05) is 0 Å². The molecule has 0 radical (unpaired) electrons. The summed E-state index contributed by atoms with van der Waals surface area (Å²) in [6.45, 7) is 4.42. The van der Waals surface area contributed by atoms with Crippen LogP contribution in [0.15, 0.2) is 17.0 Å². The van der Waals surface area contributed by atoms with Crippen LogP contribution < -0.4 is 4.72 Å². The fourth-order valence-corrected chi connectivity index (χ4v) is 3.35. The summed E-state index contributed by atoms with van der Waals surface area (Å²) in [6.07, 6.45) is 0. The fourth-order valence-electron chi connectivity index (χ4n) is 1.89. The third kappa shape index (κ3) is 4.82. The number of hydrogen-bond donors (Lipinski definition) is 1. The Kier molecular flexibility index (Phi) is 6.54. The predicted molar refractivity (Wildman–Crippen MR) is 73.8 cm³/mol. The number of sulfonamides is 1. The Balaban J connectivity index is 2.66. The summed E-state index contributed by atoms with van der Waals surface area (Å²) in [4.78, 5) is 0.121. The van der Waals surface area contributed by atoms with Gasteiger partial charge < -0.3 is 9.47 Å². The Labute approximate surface area is 119 Å². The van der Waals surface area contributed by atoms with Gasteiger partial charge in [0.25, 0.3) is 0 Å². The molecule has 0 amide bonds. The second-order valence-electron chi connectivity index (χ2n) is 4.37. The van der Waals surface area contributed by atoms with Crippen molar-refractivity contribution in [2.75, 3.05) is 33.5 Å². The quantitative estimate of drug-likeness (QED) is 0.737. The van der Waals surface area contributed by atoms with Gasteiger partial charge in [-0.2, -0.15) is 0 Å². The molecule has 1 N–H and O–H groups in total. The van der Waals surface area contributed by atoms with Gasteiger partial charge in [-0.3, -0.25) is 0 Å². The predicted octanol–water partition coefficient (Wildman–Crippen LogP) is 1.38. The third-order valence-corrected chi connectivity index (χ3v) is 4.43. The lowest BCUT2D eigenvalue weighted by Gasteiger charge is -2.12. The Morgan fingerprint density at radius 3 is 2.30 bits per heavy atom. The molecule has 0 aromatic heterocycles. The van der Waals surface area contributed by atoms with E-state index in [1.165, 1.54) is 12.1 Å². The molecule has 5 nitrogen and oxygen atoms in total. The van der Waals surface area contributed by atoms with E-state index in [-0.39, 0.29) is 18.0 Å². The van der Waals surface area contributed by atoms with E-state index in [4.69, 9.17) is 9.47 Å². The van der Waals surface area contributed by atoms with E-state index in [2.05, 4.69) is 4.72 Å². The summed E-state index contributed by atoms with van der Waals surface area (Å²) < 4.78 is 49.9. The van der Waals surface area contributed by atoms with E-state index in [9.17, 15) is 12.8 Å². The molecule has 0 saturated heterocycles. The fraction of sp³-hybridized carbons (Fsp3) is 0.538. The van der Waals surface area contributed by atoms with Crippen molar-refractivity contribution in [1.82, 2.24) is 4.72 Å². The molecule has 0 heterocycles. The molecular formula is C13H20FNO4S. The maximum atomic E-state index is 13.2. The van der Waals surface area contributed by atoms with Crippen molar-refractivity contribution in [1.29, 1.82) is 0 Å². The second kappa shape index (κ2) is 7.68. The number of aryl methyl sites for hydroxylation is 2. The number of nitrogens with one attached hydrogen (secondary N) is 1. The van der Waals surface area contributed by atoms with Crippen LogP contribution in [0.25, 0.3) is 0 Å². The molecule has 0 fully saturated rings. The van der Waals surface area contributed by atoms with Gasteiger partial charge >= 0.3 is 0 Å². The van der Waals surface area contributed by atoms with Crippen LogP contribution in [0.2, 0.25) is 0 Å². The van der Waals surface area contributed by atoms with E-state index >= 15 is 0 Å². The summed E-state index contributed by atoms with van der Waals surface area (Å²) in [5, 5.41) is 0. The second-order valence-corrected chi connectivity index (χ2v) is 6.08. The highest BCUT2D eigenvalue weighted by Crippen LogP contribution is 2.20. The Hall–Kier alpha value is -1.02. The lowest BCUT2D eigenvalue weighted by atomic mass is 10.1. The maximum Gasteiger partial charge on any atom is 0.241 e. The lowest BCUT2D eigenvalue weighted by Crippen LogP contribution is -2.29. The average Bonchev–Trinajstić information content (AvgIpc) is 2.31. The SMILES string of the molecule is COCCOCCNS(=O)(=O)c1c(C)cc(F)cc1C. The monoisotopic (exact) mass is 305 g/mol. The van der Waals surface area contributed by atoms with Crippen LogP contribution in [-0.2, 0) is 19.5 Å². The highest BCUT2D eigenvalue weighted by atomic mass is 32.2. The van der Waals surface area contributed by atoms with Gasteiger partial charge in [-0.05, 0) is 37.1 Å². The Morgan fingerprint density at radius 2 is 1.75 bits per heavy atom. The molecule has 0 bridgehead atoms. The molecular weight excluding hydrogens is 285 g/mol. The highest BCUT2D eigenvalue weighted by Gasteiger charge is 2.19. The van der Waals surface area contributed by atoms with Crippen LogP contribution in [0.3, 0.4) is 0 Å². The van der Waals surface area contributed by atoms with E-state index in [1.54, 1.807) is 21.0 Å². The van der Waals surface area contributed by atoms with Crippen LogP contribution in [0, 0.1) is 19.7 Å². The van der Waals surface area contributed by atoms with Crippen molar-refractivity contribution in [2.45, 2.75) is 18.7 Å². The zero-order chi connectivity index (χ0) is 15.2. The summed E-state index contributed by atoms with van der Waals surface area (Å²) >= 11 is 0. The number of hydrogen-bond acceptors (Lipinski definition) is 4. The van der Waals surface area contributed by atoms with Gasteiger partial charge in [-0.25, -0.2) is 17.5 Å². The number of ether oxygens (including phenoxy) is 2. The zero-order valence-corrected chi connectivity index (χ0v) is 12.7. The maximum absolute atomic E-state index is 13.2. The first kappa shape index (κ1) is 17.0. The minimum absolute atomic E-state index is 0.121. The molecule has 1 aromatic carbocycles. The van der Waals surface area contributed by atoms with Gasteiger partial charge in [-0.1, -0.05) is 0 Å². The average molecular weight is 305 g/mol. The third-order valence-electron chi connectivity index (χ3n) is 2.66. The summed E-state index contributed by atoms with van der Waals surface area (Å²) in [5.74, 6) is -0.443. The minimum atomic E-state index is -3.66. The lowest BCUT2D eigenvalue weighted by molar-refractivity contribution is 0.0736. The van der Waals surface area contributed by atoms with E-state index in [0.717, 1.165) is 0 Å². The first-order valence-corrected chi connectivity index (χ1v) is 7.70. The standard InChI is InChI=1S/C13H20FNO4S/c1-10-8-12(14)9-11(2)13(10)20(16,17)15-4-5-19-7-6-18-3/h8-9,15H,4-7H2,1-3H3. The smallest absolute Gasteiger partial charge is 0.241 e. The number of rotatable bonds is 8. The molecule has 114 valence electrons. The highest BCUT2D eigenvalue weighted by molar-refractivity contribution is 7.89. The van der Waals surface area contributed by atoms with Crippen molar-refractivity contribution in [3.05, 3.63) is 29.1 Å². The van der Waals surface area contributed by atoms with Crippen molar-refractivity contribution >= 4 is 10.0 Å². The molecule has 0 saturated carbocycles. The topological polar surface area (TPSA) is 64.6 Å². The van der Waals surface area contributed by atoms with Gasteiger partial charge in [-0.15, -0.1) is 0 Å². The van der Waals surface area contributed by atoms with E-state index in [0.29, 0.717) is 24.3 Å². The zero-order valence-electron chi connectivity index (χ0n) is 11.9.